The molecule has 18 heavy (non-hydrogen) atoms. The molecule has 0 unspecified atom stereocenters. The molecule has 2 rings (SSSR count). The highest BCUT2D eigenvalue weighted by Crippen LogP contribution is 2.18. The lowest BCUT2D eigenvalue weighted by Gasteiger charge is -2.12. The summed E-state index contributed by atoms with van der Waals surface area (Å²) in [6.07, 6.45) is 0. The van der Waals surface area contributed by atoms with Crippen molar-refractivity contribution in [2.45, 2.75) is 20.4 Å². The molecule has 0 N–H and O–H groups in total. The van der Waals surface area contributed by atoms with Gasteiger partial charge in [0.1, 0.15) is 0 Å². The fraction of sp³-hybridized carbons (Fsp3) is 0.231. The van der Waals surface area contributed by atoms with Gasteiger partial charge in [-0.1, -0.05) is 23.7 Å². The molecule has 0 aliphatic carbocycles. The van der Waals surface area contributed by atoms with Crippen molar-refractivity contribution in [1.29, 1.82) is 0 Å². The first kappa shape index (κ1) is 13.3. The van der Waals surface area contributed by atoms with Gasteiger partial charge in [-0.25, -0.2) is 4.79 Å². The highest BCUT2D eigenvalue weighted by molar-refractivity contribution is 9.10. The second kappa shape index (κ2) is 5.24. The van der Waals surface area contributed by atoms with Crippen molar-refractivity contribution in [1.82, 2.24) is 9.55 Å². The predicted molar refractivity (Wildman–Crippen MR) is 76.2 cm³/mol. The number of nitrogens with zero attached hydrogens (tertiary/aromatic N) is 2. The zero-order valence-corrected chi connectivity index (χ0v) is 12.4. The first-order valence-electron chi connectivity index (χ1n) is 5.47. The van der Waals surface area contributed by atoms with E-state index in [9.17, 15) is 4.79 Å². The summed E-state index contributed by atoms with van der Waals surface area (Å²) in [6, 6.07) is 7.44. The SMILES string of the molecule is Cc1nc(=O)n(Cc2ccc(Cl)cc2)c(C)c1Br. The van der Waals surface area contributed by atoms with E-state index in [0.717, 1.165) is 15.7 Å². The minimum Gasteiger partial charge on any atom is -0.291 e. The van der Waals surface area contributed by atoms with Crippen LogP contribution < -0.4 is 5.69 Å². The van der Waals surface area contributed by atoms with E-state index < -0.39 is 0 Å². The molecule has 2 aromatic rings. The highest BCUT2D eigenvalue weighted by atomic mass is 79.9. The van der Waals surface area contributed by atoms with Gasteiger partial charge in [0.25, 0.3) is 0 Å². The second-order valence-electron chi connectivity index (χ2n) is 4.09. The lowest BCUT2D eigenvalue weighted by atomic mass is 10.2. The molecule has 0 saturated carbocycles. The first-order valence-corrected chi connectivity index (χ1v) is 6.64. The molecule has 0 saturated heterocycles. The van der Waals surface area contributed by atoms with E-state index in [4.69, 9.17) is 11.6 Å². The summed E-state index contributed by atoms with van der Waals surface area (Å²) in [4.78, 5) is 15.9. The number of aromatic nitrogens is 2. The Morgan fingerprint density at radius 1 is 1.28 bits per heavy atom. The van der Waals surface area contributed by atoms with Crippen molar-refractivity contribution >= 4 is 27.5 Å². The van der Waals surface area contributed by atoms with Crippen LogP contribution in [0.5, 0.6) is 0 Å². The van der Waals surface area contributed by atoms with Crippen LogP contribution in [0.15, 0.2) is 33.5 Å². The minimum atomic E-state index is -0.233. The van der Waals surface area contributed by atoms with E-state index in [0.29, 0.717) is 17.3 Å². The van der Waals surface area contributed by atoms with Gasteiger partial charge in [-0.3, -0.25) is 4.57 Å². The van der Waals surface area contributed by atoms with Crippen molar-refractivity contribution < 1.29 is 0 Å². The van der Waals surface area contributed by atoms with E-state index in [1.807, 2.05) is 38.1 Å². The predicted octanol–water partition coefficient (Wildman–Crippen LogP) is 3.32. The molecule has 94 valence electrons. The summed E-state index contributed by atoms with van der Waals surface area (Å²) in [5.74, 6) is 0. The molecule has 1 aromatic heterocycles. The van der Waals surface area contributed by atoms with Crippen LogP contribution in [-0.2, 0) is 6.54 Å². The van der Waals surface area contributed by atoms with Gasteiger partial charge >= 0.3 is 5.69 Å². The van der Waals surface area contributed by atoms with Crippen LogP contribution in [-0.4, -0.2) is 9.55 Å². The molecular weight excluding hydrogens is 316 g/mol. The van der Waals surface area contributed by atoms with Crippen LogP contribution in [0.25, 0.3) is 0 Å². The Labute approximate surface area is 119 Å². The van der Waals surface area contributed by atoms with Crippen LogP contribution in [0.1, 0.15) is 17.0 Å². The second-order valence-corrected chi connectivity index (χ2v) is 5.32. The van der Waals surface area contributed by atoms with Crippen molar-refractivity contribution in [2.24, 2.45) is 0 Å². The van der Waals surface area contributed by atoms with Gasteiger partial charge in [0.2, 0.25) is 0 Å². The van der Waals surface area contributed by atoms with Gasteiger partial charge in [0.15, 0.2) is 0 Å². The van der Waals surface area contributed by atoms with Crippen molar-refractivity contribution in [3.8, 4) is 0 Å². The molecular formula is C13H12BrClN2O. The van der Waals surface area contributed by atoms with E-state index in [-0.39, 0.29) is 5.69 Å². The molecule has 1 heterocycles. The van der Waals surface area contributed by atoms with Gasteiger partial charge < -0.3 is 0 Å². The molecule has 5 heteroatoms. The van der Waals surface area contributed by atoms with E-state index in [1.54, 1.807) is 4.57 Å². The standard InChI is InChI=1S/C13H12BrClN2O/c1-8-12(14)9(2)17(13(18)16-8)7-10-3-5-11(15)6-4-10/h3-6H,7H2,1-2H3. The van der Waals surface area contributed by atoms with Crippen LogP contribution in [0.3, 0.4) is 0 Å². The number of hydrogen-bond acceptors (Lipinski definition) is 2. The summed E-state index contributed by atoms with van der Waals surface area (Å²) >= 11 is 9.28. The Bertz CT molecular complexity index is 635. The van der Waals surface area contributed by atoms with E-state index in [1.165, 1.54) is 0 Å². The highest BCUT2D eigenvalue weighted by Gasteiger charge is 2.09. The Kier molecular flexibility index (Phi) is 3.88. The van der Waals surface area contributed by atoms with Crippen LogP contribution >= 0.6 is 27.5 Å². The van der Waals surface area contributed by atoms with Crippen molar-refractivity contribution in [3.05, 3.63) is 61.2 Å². The molecule has 0 aliphatic rings. The largest absolute Gasteiger partial charge is 0.348 e. The van der Waals surface area contributed by atoms with Gasteiger partial charge in [-0.15, -0.1) is 0 Å². The first-order chi connectivity index (χ1) is 8.49. The van der Waals surface area contributed by atoms with Crippen molar-refractivity contribution in [3.63, 3.8) is 0 Å². The maximum absolute atomic E-state index is 11.9. The Hall–Kier alpha value is -1.13. The lowest BCUT2D eigenvalue weighted by Crippen LogP contribution is -2.26. The summed E-state index contributed by atoms with van der Waals surface area (Å²) in [5.41, 5.74) is 2.37. The fourth-order valence-electron chi connectivity index (χ4n) is 1.74. The summed E-state index contributed by atoms with van der Waals surface area (Å²) in [7, 11) is 0. The lowest BCUT2D eigenvalue weighted by molar-refractivity contribution is 0.688. The molecule has 0 amide bonds. The summed E-state index contributed by atoms with van der Waals surface area (Å²) < 4.78 is 2.51. The Morgan fingerprint density at radius 3 is 2.50 bits per heavy atom. The molecule has 0 radical (unpaired) electrons. The van der Waals surface area contributed by atoms with Crippen LogP contribution in [0, 0.1) is 13.8 Å². The van der Waals surface area contributed by atoms with Gasteiger partial charge in [-0.2, -0.15) is 4.98 Å². The van der Waals surface area contributed by atoms with Crippen LogP contribution in [0.2, 0.25) is 5.02 Å². The Morgan fingerprint density at radius 2 is 1.89 bits per heavy atom. The number of rotatable bonds is 2. The fourth-order valence-corrected chi connectivity index (χ4v) is 2.16. The Balaban J connectivity index is 2.44. The van der Waals surface area contributed by atoms with Crippen LogP contribution in [0.4, 0.5) is 0 Å². The molecule has 0 fully saturated rings. The smallest absolute Gasteiger partial charge is 0.291 e. The summed E-state index contributed by atoms with van der Waals surface area (Å²) in [6.45, 7) is 4.20. The molecule has 1 aromatic carbocycles. The maximum atomic E-state index is 11.9. The molecule has 0 spiro atoms. The monoisotopic (exact) mass is 326 g/mol. The molecule has 0 bridgehead atoms. The third-order valence-electron chi connectivity index (χ3n) is 2.79. The number of halogens is 2. The normalized spacial score (nSPS) is 10.7. The average Bonchev–Trinajstić information content (AvgIpc) is 2.34. The molecule has 3 nitrogen and oxygen atoms in total. The van der Waals surface area contributed by atoms with Gasteiger partial charge in [0.05, 0.1) is 16.7 Å². The summed E-state index contributed by atoms with van der Waals surface area (Å²) in [5, 5.41) is 0.686. The van der Waals surface area contributed by atoms with E-state index >= 15 is 0 Å². The van der Waals surface area contributed by atoms with Gasteiger partial charge in [0, 0.05) is 10.7 Å². The average molecular weight is 328 g/mol. The zero-order valence-electron chi connectivity index (χ0n) is 10.1. The quantitative estimate of drug-likeness (QED) is 0.848. The van der Waals surface area contributed by atoms with E-state index in [2.05, 4.69) is 20.9 Å². The van der Waals surface area contributed by atoms with Gasteiger partial charge in [-0.05, 0) is 47.5 Å². The number of benzene rings is 1. The zero-order chi connectivity index (χ0) is 13.3. The molecule has 0 aliphatic heterocycles. The third-order valence-corrected chi connectivity index (χ3v) is 4.19. The third kappa shape index (κ3) is 2.65. The molecule has 0 atom stereocenters. The number of aryl methyl sites for hydroxylation is 1. The topological polar surface area (TPSA) is 34.9 Å². The minimum absolute atomic E-state index is 0.233. The maximum Gasteiger partial charge on any atom is 0.348 e. The number of hydrogen-bond donors (Lipinski definition) is 0. The van der Waals surface area contributed by atoms with Crippen molar-refractivity contribution in [2.75, 3.05) is 0 Å².